The quantitative estimate of drug-likeness (QED) is 0.784. The smallest absolute Gasteiger partial charge is 0.399 e. The minimum Gasteiger partial charge on any atom is -0.399 e. The normalized spacial score (nSPS) is 24.8. The van der Waals surface area contributed by atoms with E-state index in [1.165, 1.54) is 5.57 Å². The van der Waals surface area contributed by atoms with Gasteiger partial charge in [0.2, 0.25) is 0 Å². The summed E-state index contributed by atoms with van der Waals surface area (Å²) in [6, 6.07) is 0. The summed E-state index contributed by atoms with van der Waals surface area (Å²) >= 11 is 1.65. The van der Waals surface area contributed by atoms with Crippen molar-refractivity contribution in [3.8, 4) is 0 Å². The first kappa shape index (κ1) is 14.3. The maximum atomic E-state index is 6.05. The molecule has 0 aromatic carbocycles. The Bertz CT molecular complexity index is 522. The summed E-state index contributed by atoms with van der Waals surface area (Å²) in [4.78, 5) is 4.51. The second-order valence-corrected chi connectivity index (χ2v) is 7.27. The molecule has 3 rings (SSSR count). The lowest BCUT2D eigenvalue weighted by atomic mass is 9.89. The molecule has 0 radical (unpaired) electrons. The first-order chi connectivity index (χ1) is 9.39. The summed E-state index contributed by atoms with van der Waals surface area (Å²) in [7, 11) is -0.313. The van der Waals surface area contributed by atoms with E-state index in [0.717, 1.165) is 22.8 Å². The van der Waals surface area contributed by atoms with E-state index < -0.39 is 0 Å². The van der Waals surface area contributed by atoms with Crippen molar-refractivity contribution in [2.24, 2.45) is 0 Å². The molecule has 0 amide bonds. The molecule has 108 valence electrons. The van der Waals surface area contributed by atoms with Crippen molar-refractivity contribution in [3.05, 3.63) is 17.3 Å². The lowest BCUT2D eigenvalue weighted by Gasteiger charge is -2.32. The van der Waals surface area contributed by atoms with Crippen LogP contribution in [-0.2, 0) is 14.0 Å². The summed E-state index contributed by atoms with van der Waals surface area (Å²) in [5, 5.41) is 1.05. The van der Waals surface area contributed by atoms with Crippen molar-refractivity contribution in [3.63, 3.8) is 0 Å². The lowest BCUT2D eigenvalue weighted by molar-refractivity contribution is 0.00578. The highest BCUT2D eigenvalue weighted by Gasteiger charge is 2.52. The van der Waals surface area contributed by atoms with E-state index in [4.69, 9.17) is 14.0 Å². The zero-order valence-corrected chi connectivity index (χ0v) is 13.3. The first-order valence-electron chi connectivity index (χ1n) is 6.97. The molecule has 1 aromatic rings. The molecule has 4 nitrogen and oxygen atoms in total. The topological polar surface area (TPSA) is 40.6 Å². The largest absolute Gasteiger partial charge is 0.507 e. The second-order valence-electron chi connectivity index (χ2n) is 6.21. The maximum Gasteiger partial charge on any atom is 0.507 e. The third-order valence-electron chi connectivity index (χ3n) is 4.25. The lowest BCUT2D eigenvalue weighted by Crippen LogP contribution is -2.41. The van der Waals surface area contributed by atoms with Gasteiger partial charge in [0.1, 0.15) is 5.01 Å². The highest BCUT2D eigenvalue weighted by atomic mass is 32.1. The SMILES string of the molecule is CC1(C)OB(c2cnc(C3=CCOCC3)s2)OC1(C)C. The van der Waals surface area contributed by atoms with Gasteiger partial charge in [-0.1, -0.05) is 6.08 Å². The highest BCUT2D eigenvalue weighted by Crippen LogP contribution is 2.37. The van der Waals surface area contributed by atoms with Gasteiger partial charge < -0.3 is 14.0 Å². The van der Waals surface area contributed by atoms with Crippen LogP contribution in [0, 0.1) is 0 Å². The van der Waals surface area contributed by atoms with Crippen LogP contribution in [0.15, 0.2) is 12.3 Å². The fourth-order valence-corrected chi connectivity index (χ4v) is 3.17. The summed E-state index contributed by atoms with van der Waals surface area (Å²) < 4.78 is 18.5. The van der Waals surface area contributed by atoms with Gasteiger partial charge in [-0.2, -0.15) is 0 Å². The molecule has 1 saturated heterocycles. The maximum absolute atomic E-state index is 6.05. The fraction of sp³-hybridized carbons (Fsp3) is 0.643. The molecule has 0 unspecified atom stereocenters. The molecule has 2 aliphatic rings. The van der Waals surface area contributed by atoms with Gasteiger partial charge in [-0.05, 0) is 39.7 Å². The zero-order chi connectivity index (χ0) is 14.4. The van der Waals surface area contributed by atoms with Gasteiger partial charge in [0.05, 0.1) is 29.2 Å². The van der Waals surface area contributed by atoms with Crippen molar-refractivity contribution in [1.82, 2.24) is 4.98 Å². The van der Waals surface area contributed by atoms with Crippen molar-refractivity contribution < 1.29 is 14.0 Å². The molecule has 0 bridgehead atoms. The van der Waals surface area contributed by atoms with Crippen LogP contribution in [0.5, 0.6) is 0 Å². The van der Waals surface area contributed by atoms with Gasteiger partial charge in [-0.3, -0.25) is 0 Å². The third kappa shape index (κ3) is 2.46. The molecule has 3 heterocycles. The van der Waals surface area contributed by atoms with E-state index in [1.807, 2.05) is 6.20 Å². The summed E-state index contributed by atoms with van der Waals surface area (Å²) in [5.74, 6) is 0. The average molecular weight is 293 g/mol. The van der Waals surface area contributed by atoms with E-state index >= 15 is 0 Å². The van der Waals surface area contributed by atoms with Gasteiger partial charge in [0.25, 0.3) is 0 Å². The summed E-state index contributed by atoms with van der Waals surface area (Å²) in [5.41, 5.74) is 0.656. The van der Waals surface area contributed by atoms with Crippen LogP contribution < -0.4 is 4.78 Å². The van der Waals surface area contributed by atoms with Crippen molar-refractivity contribution in [1.29, 1.82) is 0 Å². The Balaban J connectivity index is 1.80. The van der Waals surface area contributed by atoms with E-state index in [1.54, 1.807) is 11.3 Å². The minimum atomic E-state index is -0.313. The Hall–Kier alpha value is -0.685. The highest BCUT2D eigenvalue weighted by molar-refractivity contribution is 7.22. The molecule has 0 saturated carbocycles. The number of aromatic nitrogens is 1. The van der Waals surface area contributed by atoms with E-state index in [9.17, 15) is 0 Å². The molecule has 6 heteroatoms. The van der Waals surface area contributed by atoms with Crippen LogP contribution in [0.1, 0.15) is 39.1 Å². The molecule has 0 atom stereocenters. The Morgan fingerprint density at radius 2 is 1.90 bits per heavy atom. The molecular weight excluding hydrogens is 273 g/mol. The van der Waals surface area contributed by atoms with E-state index in [-0.39, 0.29) is 18.3 Å². The molecule has 0 spiro atoms. The molecule has 1 fully saturated rings. The molecule has 0 N–H and O–H groups in total. The standard InChI is InChI=1S/C14H20BNO3S/c1-13(2)14(3,4)19-15(18-13)11-9-16-12(20-11)10-5-7-17-8-6-10/h5,9H,6-8H2,1-4H3. The van der Waals surface area contributed by atoms with Crippen LogP contribution in [0.3, 0.4) is 0 Å². The minimum absolute atomic E-state index is 0.306. The van der Waals surface area contributed by atoms with Gasteiger partial charge in [0, 0.05) is 6.20 Å². The van der Waals surface area contributed by atoms with Crippen molar-refractivity contribution >= 4 is 28.8 Å². The first-order valence-corrected chi connectivity index (χ1v) is 7.79. The molecular formula is C14H20BNO3S. The number of thiazole rings is 1. The Morgan fingerprint density at radius 1 is 1.20 bits per heavy atom. The number of ether oxygens (including phenoxy) is 1. The van der Waals surface area contributed by atoms with Crippen LogP contribution in [0.25, 0.3) is 5.57 Å². The molecule has 2 aliphatic heterocycles. The van der Waals surface area contributed by atoms with E-state index in [0.29, 0.717) is 6.61 Å². The van der Waals surface area contributed by atoms with Crippen LogP contribution >= 0.6 is 11.3 Å². The molecule has 1 aromatic heterocycles. The summed E-state index contributed by atoms with van der Waals surface area (Å²) in [6.45, 7) is 9.72. The zero-order valence-electron chi connectivity index (χ0n) is 12.4. The Labute approximate surface area is 124 Å². The van der Waals surface area contributed by atoms with Crippen LogP contribution in [0.2, 0.25) is 0 Å². The van der Waals surface area contributed by atoms with Crippen molar-refractivity contribution in [2.75, 3.05) is 13.2 Å². The van der Waals surface area contributed by atoms with Gasteiger partial charge in [-0.25, -0.2) is 4.98 Å². The van der Waals surface area contributed by atoms with Crippen LogP contribution in [-0.4, -0.2) is 36.5 Å². The van der Waals surface area contributed by atoms with Gasteiger partial charge in [0.15, 0.2) is 0 Å². The predicted octanol–water partition coefficient (Wildman–Crippen LogP) is 2.25. The molecule has 0 aliphatic carbocycles. The van der Waals surface area contributed by atoms with Crippen molar-refractivity contribution in [2.45, 2.75) is 45.3 Å². The predicted molar refractivity (Wildman–Crippen MR) is 81.2 cm³/mol. The fourth-order valence-electron chi connectivity index (χ4n) is 2.22. The summed E-state index contributed by atoms with van der Waals surface area (Å²) in [6.07, 6.45) is 4.91. The van der Waals surface area contributed by atoms with Crippen LogP contribution in [0.4, 0.5) is 0 Å². The average Bonchev–Trinajstić information content (AvgIpc) is 2.94. The van der Waals surface area contributed by atoms with Gasteiger partial charge in [-0.15, -0.1) is 11.3 Å². The molecule has 20 heavy (non-hydrogen) atoms. The number of nitrogens with zero attached hydrogens (tertiary/aromatic N) is 1. The second kappa shape index (κ2) is 4.95. The number of rotatable bonds is 2. The third-order valence-corrected chi connectivity index (χ3v) is 5.34. The number of hydrogen-bond acceptors (Lipinski definition) is 5. The Kier molecular flexibility index (Phi) is 3.53. The number of hydrogen-bond donors (Lipinski definition) is 0. The van der Waals surface area contributed by atoms with Gasteiger partial charge >= 0.3 is 7.12 Å². The monoisotopic (exact) mass is 293 g/mol. The van der Waals surface area contributed by atoms with E-state index in [2.05, 4.69) is 38.8 Å². The Morgan fingerprint density at radius 3 is 2.50 bits per heavy atom.